The van der Waals surface area contributed by atoms with Gasteiger partial charge in [0.1, 0.15) is 0 Å². The Bertz CT molecular complexity index is 376. The van der Waals surface area contributed by atoms with Gasteiger partial charge in [-0.2, -0.15) is 0 Å². The molecule has 0 fully saturated rings. The van der Waals surface area contributed by atoms with Crippen molar-refractivity contribution in [3.8, 4) is 0 Å². The molecule has 0 aliphatic rings. The van der Waals surface area contributed by atoms with E-state index in [1.807, 2.05) is 0 Å². The number of nitrogens with one attached hydrogen (secondary N) is 1. The van der Waals surface area contributed by atoms with Crippen LogP contribution in [0.25, 0.3) is 0 Å². The van der Waals surface area contributed by atoms with Crippen molar-refractivity contribution < 1.29 is 9.53 Å². The molecular formula is C11H14BrClN2O2. The minimum absolute atomic E-state index is 0.0825. The van der Waals surface area contributed by atoms with Crippen LogP contribution in [0.15, 0.2) is 22.9 Å². The molecule has 0 aliphatic heterocycles. The Balaban J connectivity index is 2.35. The Hall–Kier alpha value is -0.650. The molecule has 0 saturated heterocycles. The van der Waals surface area contributed by atoms with Crippen LogP contribution in [-0.2, 0) is 4.74 Å². The number of aromatic nitrogens is 1. The zero-order valence-electron chi connectivity index (χ0n) is 9.45. The lowest BCUT2D eigenvalue weighted by atomic mass is 10.2. The van der Waals surface area contributed by atoms with Crippen molar-refractivity contribution in [1.82, 2.24) is 10.3 Å². The minimum atomic E-state index is -0.153. The summed E-state index contributed by atoms with van der Waals surface area (Å²) in [7, 11) is 1.60. The van der Waals surface area contributed by atoms with Crippen LogP contribution in [0.3, 0.4) is 0 Å². The molecule has 0 aliphatic carbocycles. The van der Waals surface area contributed by atoms with E-state index < -0.39 is 0 Å². The molecule has 1 heterocycles. The lowest BCUT2D eigenvalue weighted by Crippen LogP contribution is -2.27. The van der Waals surface area contributed by atoms with Crippen molar-refractivity contribution in [2.75, 3.05) is 20.3 Å². The van der Waals surface area contributed by atoms with Gasteiger partial charge in [-0.1, -0.05) is 0 Å². The monoisotopic (exact) mass is 320 g/mol. The van der Waals surface area contributed by atoms with E-state index >= 15 is 0 Å². The summed E-state index contributed by atoms with van der Waals surface area (Å²) in [6, 6.07) is 1.72. The van der Waals surface area contributed by atoms with Gasteiger partial charge in [0.15, 0.2) is 0 Å². The Kier molecular flexibility index (Phi) is 6.47. The number of pyridine rings is 1. The maximum absolute atomic E-state index is 11.7. The fourth-order valence-electron chi connectivity index (χ4n) is 1.24. The van der Waals surface area contributed by atoms with E-state index in [0.717, 1.165) is 4.47 Å². The lowest BCUT2D eigenvalue weighted by molar-refractivity contribution is 0.0951. The van der Waals surface area contributed by atoms with Crippen LogP contribution in [-0.4, -0.2) is 36.5 Å². The summed E-state index contributed by atoms with van der Waals surface area (Å²) >= 11 is 9.20. The third-order valence-corrected chi connectivity index (χ3v) is 2.84. The normalized spacial score (nSPS) is 12.2. The summed E-state index contributed by atoms with van der Waals surface area (Å²) in [6.45, 7) is 0.999. The maximum atomic E-state index is 11.7. The van der Waals surface area contributed by atoms with Crippen molar-refractivity contribution in [2.24, 2.45) is 0 Å². The molecule has 0 saturated carbocycles. The average Bonchev–Trinajstić information content (AvgIpc) is 2.29. The van der Waals surface area contributed by atoms with Gasteiger partial charge in [0.2, 0.25) is 0 Å². The van der Waals surface area contributed by atoms with E-state index in [0.29, 0.717) is 25.1 Å². The summed E-state index contributed by atoms with van der Waals surface area (Å²) in [6.07, 6.45) is 3.82. The molecule has 4 nitrogen and oxygen atoms in total. The molecule has 0 radical (unpaired) electrons. The molecular weight excluding hydrogens is 307 g/mol. The first-order valence-corrected chi connectivity index (χ1v) is 6.38. The van der Waals surface area contributed by atoms with E-state index in [-0.39, 0.29) is 11.3 Å². The molecule has 1 atom stereocenters. The predicted octanol–water partition coefficient (Wildman–Crippen LogP) is 2.22. The SMILES string of the molecule is COCC(Cl)CCNC(=O)c1cncc(Br)c1. The van der Waals surface area contributed by atoms with Crippen LogP contribution >= 0.6 is 27.5 Å². The molecule has 0 aromatic carbocycles. The zero-order chi connectivity index (χ0) is 12.7. The van der Waals surface area contributed by atoms with Crippen LogP contribution in [0.1, 0.15) is 16.8 Å². The van der Waals surface area contributed by atoms with Gasteiger partial charge in [0.05, 0.1) is 17.5 Å². The Morgan fingerprint density at radius 3 is 3.06 bits per heavy atom. The van der Waals surface area contributed by atoms with E-state index in [9.17, 15) is 4.79 Å². The number of carbonyl (C=O) groups excluding carboxylic acids is 1. The average molecular weight is 322 g/mol. The molecule has 17 heavy (non-hydrogen) atoms. The summed E-state index contributed by atoms with van der Waals surface area (Å²) in [5.41, 5.74) is 0.525. The largest absolute Gasteiger partial charge is 0.383 e. The molecule has 1 rings (SSSR count). The van der Waals surface area contributed by atoms with Gasteiger partial charge in [-0.25, -0.2) is 0 Å². The number of halogens is 2. The van der Waals surface area contributed by atoms with Gasteiger partial charge in [0, 0.05) is 30.5 Å². The first-order valence-electron chi connectivity index (χ1n) is 5.15. The molecule has 0 bridgehead atoms. The highest BCUT2D eigenvalue weighted by molar-refractivity contribution is 9.10. The predicted molar refractivity (Wildman–Crippen MR) is 70.4 cm³/mol. The number of carbonyl (C=O) groups is 1. The number of alkyl halides is 1. The summed E-state index contributed by atoms with van der Waals surface area (Å²) < 4.78 is 5.68. The van der Waals surface area contributed by atoms with Gasteiger partial charge in [-0.3, -0.25) is 9.78 Å². The second-order valence-corrected chi connectivity index (χ2v) is 5.02. The van der Waals surface area contributed by atoms with Crippen LogP contribution in [0.2, 0.25) is 0 Å². The molecule has 1 unspecified atom stereocenters. The van der Waals surface area contributed by atoms with Crippen molar-refractivity contribution in [1.29, 1.82) is 0 Å². The van der Waals surface area contributed by atoms with Crippen molar-refractivity contribution in [3.63, 3.8) is 0 Å². The highest BCUT2D eigenvalue weighted by atomic mass is 79.9. The Labute approximate surface area is 114 Å². The molecule has 1 amide bonds. The zero-order valence-corrected chi connectivity index (χ0v) is 11.8. The quantitative estimate of drug-likeness (QED) is 0.817. The van der Waals surface area contributed by atoms with E-state index in [1.165, 1.54) is 6.20 Å². The van der Waals surface area contributed by atoms with Gasteiger partial charge >= 0.3 is 0 Å². The standard InChI is InChI=1S/C11H14BrClN2O2/c1-17-7-10(13)2-3-15-11(16)8-4-9(12)6-14-5-8/h4-6,10H,2-3,7H2,1H3,(H,15,16). The Morgan fingerprint density at radius 2 is 2.41 bits per heavy atom. The smallest absolute Gasteiger partial charge is 0.252 e. The number of amides is 1. The first-order chi connectivity index (χ1) is 8.13. The van der Waals surface area contributed by atoms with Gasteiger partial charge in [-0.05, 0) is 28.4 Å². The van der Waals surface area contributed by atoms with E-state index in [2.05, 4.69) is 26.2 Å². The second-order valence-electron chi connectivity index (χ2n) is 3.49. The Morgan fingerprint density at radius 1 is 1.65 bits per heavy atom. The van der Waals surface area contributed by atoms with Crippen molar-refractivity contribution in [3.05, 3.63) is 28.5 Å². The summed E-state index contributed by atoms with van der Waals surface area (Å²) in [5.74, 6) is -0.153. The topological polar surface area (TPSA) is 51.2 Å². The number of ether oxygens (including phenoxy) is 1. The first kappa shape index (κ1) is 14.4. The minimum Gasteiger partial charge on any atom is -0.383 e. The van der Waals surface area contributed by atoms with E-state index in [4.69, 9.17) is 16.3 Å². The maximum Gasteiger partial charge on any atom is 0.252 e. The highest BCUT2D eigenvalue weighted by Gasteiger charge is 2.08. The molecule has 1 N–H and O–H groups in total. The second kappa shape index (κ2) is 7.63. The molecule has 0 spiro atoms. The fraction of sp³-hybridized carbons (Fsp3) is 0.455. The van der Waals surface area contributed by atoms with Crippen molar-refractivity contribution >= 4 is 33.4 Å². The van der Waals surface area contributed by atoms with Crippen LogP contribution < -0.4 is 5.32 Å². The van der Waals surface area contributed by atoms with E-state index in [1.54, 1.807) is 19.4 Å². The number of nitrogens with zero attached hydrogens (tertiary/aromatic N) is 1. The number of methoxy groups -OCH3 is 1. The van der Waals surface area contributed by atoms with Crippen LogP contribution in [0, 0.1) is 0 Å². The lowest BCUT2D eigenvalue weighted by Gasteiger charge is -2.09. The number of rotatable bonds is 6. The molecule has 1 aromatic rings. The number of hydrogen-bond acceptors (Lipinski definition) is 3. The molecule has 94 valence electrons. The highest BCUT2D eigenvalue weighted by Crippen LogP contribution is 2.09. The third kappa shape index (κ3) is 5.48. The van der Waals surface area contributed by atoms with Crippen molar-refractivity contribution in [2.45, 2.75) is 11.8 Å². The van der Waals surface area contributed by atoms with Gasteiger partial charge < -0.3 is 10.1 Å². The summed E-state index contributed by atoms with van der Waals surface area (Å²) in [4.78, 5) is 15.6. The molecule has 6 heteroatoms. The fourth-order valence-corrected chi connectivity index (χ4v) is 1.84. The summed E-state index contributed by atoms with van der Waals surface area (Å²) in [5, 5.41) is 2.69. The molecule has 1 aromatic heterocycles. The van der Waals surface area contributed by atoms with Crippen LogP contribution in [0.5, 0.6) is 0 Å². The number of hydrogen-bond donors (Lipinski definition) is 1. The van der Waals surface area contributed by atoms with Gasteiger partial charge in [-0.15, -0.1) is 11.6 Å². The third-order valence-electron chi connectivity index (χ3n) is 2.06. The van der Waals surface area contributed by atoms with Gasteiger partial charge in [0.25, 0.3) is 5.91 Å². The van der Waals surface area contributed by atoms with Crippen LogP contribution in [0.4, 0.5) is 0 Å².